The van der Waals surface area contributed by atoms with Crippen LogP contribution in [-0.4, -0.2) is 13.1 Å². The number of benzene rings is 1. The van der Waals surface area contributed by atoms with Gasteiger partial charge in [-0.3, -0.25) is 0 Å². The Bertz CT molecular complexity index is 340. The van der Waals surface area contributed by atoms with Crippen LogP contribution in [0.15, 0.2) is 28.7 Å². The Hall–Kier alpha value is -0.480. The van der Waals surface area contributed by atoms with E-state index in [1.165, 1.54) is 12.1 Å². The largest absolute Gasteiger partial charge is 0.311 e. The Morgan fingerprint density at radius 3 is 2.62 bits per heavy atom. The third kappa shape index (κ3) is 4.18. The van der Waals surface area contributed by atoms with E-state index in [0.717, 1.165) is 0 Å². The molecule has 1 N–H and O–H groups in total. The lowest BCUT2D eigenvalue weighted by atomic mass is 10.1. The summed E-state index contributed by atoms with van der Waals surface area (Å²) in [6, 6.07) is 6.26. The Morgan fingerprint density at radius 2 is 2.06 bits per heavy atom. The summed E-state index contributed by atoms with van der Waals surface area (Å²) >= 11 is 3.19. The molecular weight excluding hydrogens is 276 g/mol. The van der Waals surface area contributed by atoms with Crippen LogP contribution < -0.4 is 5.32 Å². The third-order valence-electron chi connectivity index (χ3n) is 2.15. The molecule has 4 heteroatoms. The minimum Gasteiger partial charge on any atom is -0.311 e. The topological polar surface area (TPSA) is 12.0 Å². The second-order valence-electron chi connectivity index (χ2n) is 4.24. The average Bonchev–Trinajstić information content (AvgIpc) is 2.16. The number of rotatable bonds is 5. The van der Waals surface area contributed by atoms with Gasteiger partial charge in [0.15, 0.2) is 0 Å². The molecule has 0 aliphatic carbocycles. The molecule has 0 atom stereocenters. The summed E-state index contributed by atoms with van der Waals surface area (Å²) in [5.41, 5.74) is 0.0399. The fourth-order valence-corrected chi connectivity index (χ4v) is 1.74. The minimum absolute atomic E-state index is 0.0399. The van der Waals surface area contributed by atoms with Gasteiger partial charge in [0.25, 0.3) is 5.92 Å². The highest BCUT2D eigenvalue weighted by Gasteiger charge is 2.30. The summed E-state index contributed by atoms with van der Waals surface area (Å²) < 4.78 is 28.1. The van der Waals surface area contributed by atoms with Crippen molar-refractivity contribution < 1.29 is 8.78 Å². The van der Waals surface area contributed by atoms with Gasteiger partial charge in [-0.1, -0.05) is 41.9 Å². The van der Waals surface area contributed by atoms with Gasteiger partial charge in [0.2, 0.25) is 0 Å². The summed E-state index contributed by atoms with van der Waals surface area (Å²) in [6.45, 7) is 4.26. The SMILES string of the molecule is CC(C)CNCC(F)(F)c1cccc(Br)c1. The smallest absolute Gasteiger partial charge is 0.285 e. The van der Waals surface area contributed by atoms with Gasteiger partial charge in [-0.2, -0.15) is 8.78 Å². The van der Waals surface area contributed by atoms with Crippen LogP contribution in [0.5, 0.6) is 0 Å². The van der Waals surface area contributed by atoms with Crippen molar-refractivity contribution in [2.24, 2.45) is 5.92 Å². The van der Waals surface area contributed by atoms with Crippen LogP contribution in [0, 0.1) is 5.92 Å². The van der Waals surface area contributed by atoms with Gasteiger partial charge in [0.05, 0.1) is 6.54 Å². The predicted molar refractivity (Wildman–Crippen MR) is 65.7 cm³/mol. The van der Waals surface area contributed by atoms with E-state index in [4.69, 9.17) is 0 Å². The zero-order chi connectivity index (χ0) is 12.2. The maximum atomic E-state index is 13.7. The Morgan fingerprint density at radius 1 is 1.38 bits per heavy atom. The zero-order valence-electron chi connectivity index (χ0n) is 9.43. The van der Waals surface area contributed by atoms with Crippen molar-refractivity contribution in [3.8, 4) is 0 Å². The van der Waals surface area contributed by atoms with Gasteiger partial charge in [-0.25, -0.2) is 0 Å². The number of alkyl halides is 2. The molecule has 1 nitrogen and oxygen atoms in total. The van der Waals surface area contributed by atoms with Crippen molar-refractivity contribution in [3.63, 3.8) is 0 Å². The van der Waals surface area contributed by atoms with Gasteiger partial charge < -0.3 is 5.32 Å². The number of halogens is 3. The van der Waals surface area contributed by atoms with Crippen LogP contribution in [0.4, 0.5) is 8.78 Å². The Balaban J connectivity index is 2.62. The average molecular weight is 292 g/mol. The van der Waals surface area contributed by atoms with Crippen molar-refractivity contribution >= 4 is 15.9 Å². The monoisotopic (exact) mass is 291 g/mol. The second-order valence-corrected chi connectivity index (χ2v) is 5.16. The van der Waals surface area contributed by atoms with Gasteiger partial charge in [-0.15, -0.1) is 0 Å². The molecule has 0 aliphatic rings. The summed E-state index contributed by atoms with van der Waals surface area (Å²) in [6.07, 6.45) is 0. The molecule has 0 aromatic heterocycles. The first-order valence-corrected chi connectivity index (χ1v) is 6.05. The van der Waals surface area contributed by atoms with Crippen molar-refractivity contribution in [3.05, 3.63) is 34.3 Å². The molecule has 1 rings (SSSR count). The van der Waals surface area contributed by atoms with E-state index in [2.05, 4.69) is 21.2 Å². The maximum Gasteiger partial charge on any atom is 0.285 e. The van der Waals surface area contributed by atoms with E-state index in [0.29, 0.717) is 16.9 Å². The van der Waals surface area contributed by atoms with E-state index in [1.54, 1.807) is 12.1 Å². The first-order chi connectivity index (χ1) is 7.42. The van der Waals surface area contributed by atoms with E-state index in [9.17, 15) is 8.78 Å². The fraction of sp³-hybridized carbons (Fsp3) is 0.500. The molecular formula is C12H16BrF2N. The van der Waals surface area contributed by atoms with Crippen LogP contribution in [0.1, 0.15) is 19.4 Å². The van der Waals surface area contributed by atoms with Crippen LogP contribution in [0.2, 0.25) is 0 Å². The van der Waals surface area contributed by atoms with Crippen LogP contribution in [-0.2, 0) is 5.92 Å². The summed E-state index contributed by atoms with van der Waals surface area (Å²) in [5.74, 6) is -2.45. The molecule has 0 heterocycles. The molecule has 1 aromatic carbocycles. The summed E-state index contributed by atoms with van der Waals surface area (Å²) in [4.78, 5) is 0. The Labute approximate surface area is 103 Å². The van der Waals surface area contributed by atoms with Gasteiger partial charge in [-0.05, 0) is 24.6 Å². The van der Waals surface area contributed by atoms with Crippen molar-refractivity contribution in [2.45, 2.75) is 19.8 Å². The lowest BCUT2D eigenvalue weighted by Gasteiger charge is -2.18. The third-order valence-corrected chi connectivity index (χ3v) is 2.64. The van der Waals surface area contributed by atoms with Crippen LogP contribution in [0.25, 0.3) is 0 Å². The van der Waals surface area contributed by atoms with Gasteiger partial charge in [0.1, 0.15) is 0 Å². The van der Waals surface area contributed by atoms with Crippen LogP contribution >= 0.6 is 15.9 Å². The molecule has 0 unspecified atom stereocenters. The molecule has 0 aliphatic heterocycles. The first-order valence-electron chi connectivity index (χ1n) is 5.26. The maximum absolute atomic E-state index is 13.7. The molecule has 0 saturated heterocycles. The molecule has 90 valence electrons. The van der Waals surface area contributed by atoms with E-state index >= 15 is 0 Å². The number of hydrogen-bond donors (Lipinski definition) is 1. The molecule has 16 heavy (non-hydrogen) atoms. The van der Waals surface area contributed by atoms with Gasteiger partial charge >= 0.3 is 0 Å². The molecule has 1 aromatic rings. The van der Waals surface area contributed by atoms with E-state index in [-0.39, 0.29) is 12.1 Å². The summed E-state index contributed by atoms with van der Waals surface area (Å²) in [7, 11) is 0. The predicted octanol–water partition coefficient (Wildman–Crippen LogP) is 3.79. The normalized spacial score (nSPS) is 12.1. The van der Waals surface area contributed by atoms with Crippen molar-refractivity contribution in [1.82, 2.24) is 5.32 Å². The molecule has 0 saturated carbocycles. The minimum atomic E-state index is -2.82. The molecule has 0 bridgehead atoms. The lowest BCUT2D eigenvalue weighted by Crippen LogP contribution is -2.32. The standard InChI is InChI=1S/C12H16BrF2N/c1-9(2)7-16-8-12(14,15)10-4-3-5-11(13)6-10/h3-6,9,16H,7-8H2,1-2H3. The number of hydrogen-bond acceptors (Lipinski definition) is 1. The lowest BCUT2D eigenvalue weighted by molar-refractivity contribution is -0.00358. The highest BCUT2D eigenvalue weighted by molar-refractivity contribution is 9.10. The first kappa shape index (κ1) is 13.6. The highest BCUT2D eigenvalue weighted by atomic mass is 79.9. The number of nitrogens with one attached hydrogen (secondary N) is 1. The quantitative estimate of drug-likeness (QED) is 0.870. The van der Waals surface area contributed by atoms with Gasteiger partial charge in [0, 0.05) is 10.0 Å². The summed E-state index contributed by atoms with van der Waals surface area (Å²) in [5, 5.41) is 2.78. The molecule has 0 amide bonds. The zero-order valence-corrected chi connectivity index (χ0v) is 11.0. The highest BCUT2D eigenvalue weighted by Crippen LogP contribution is 2.28. The second kappa shape index (κ2) is 5.73. The fourth-order valence-electron chi connectivity index (χ4n) is 1.34. The molecule has 0 spiro atoms. The van der Waals surface area contributed by atoms with Crippen molar-refractivity contribution in [2.75, 3.05) is 13.1 Å². The van der Waals surface area contributed by atoms with E-state index < -0.39 is 5.92 Å². The van der Waals surface area contributed by atoms with Crippen LogP contribution in [0.3, 0.4) is 0 Å². The van der Waals surface area contributed by atoms with Crippen molar-refractivity contribution in [1.29, 1.82) is 0 Å². The van der Waals surface area contributed by atoms with E-state index in [1.807, 2.05) is 13.8 Å². The molecule has 0 fully saturated rings. The molecule has 0 radical (unpaired) electrons. The Kier molecular flexibility index (Phi) is 4.87.